The Labute approximate surface area is 153 Å². The van der Waals surface area contributed by atoms with E-state index >= 15 is 0 Å². The highest BCUT2D eigenvalue weighted by Crippen LogP contribution is 2.29. The van der Waals surface area contributed by atoms with Gasteiger partial charge >= 0.3 is 0 Å². The van der Waals surface area contributed by atoms with Gasteiger partial charge < -0.3 is 10.6 Å². The third kappa shape index (κ3) is 4.22. The highest BCUT2D eigenvalue weighted by molar-refractivity contribution is 6.30. The SMILES string of the molecule is C=CCN1[C@H](CC(=O)Nc2cccc(Cl)c2)C(=O)N[C@H]2CCCC[C@@H]21. The lowest BCUT2D eigenvalue weighted by Gasteiger charge is -2.47. The van der Waals surface area contributed by atoms with Gasteiger partial charge in [-0.25, -0.2) is 0 Å². The van der Waals surface area contributed by atoms with Crippen LogP contribution in [-0.2, 0) is 9.59 Å². The van der Waals surface area contributed by atoms with E-state index in [1.54, 1.807) is 24.3 Å². The van der Waals surface area contributed by atoms with Crippen LogP contribution in [0, 0.1) is 0 Å². The van der Waals surface area contributed by atoms with Gasteiger partial charge in [0, 0.05) is 29.3 Å². The van der Waals surface area contributed by atoms with E-state index in [9.17, 15) is 9.59 Å². The number of benzene rings is 1. The Balaban J connectivity index is 1.70. The molecule has 0 bridgehead atoms. The zero-order valence-corrected chi connectivity index (χ0v) is 15.0. The second kappa shape index (κ2) is 8.02. The fourth-order valence-electron chi connectivity index (χ4n) is 3.91. The van der Waals surface area contributed by atoms with Crippen molar-refractivity contribution in [1.29, 1.82) is 0 Å². The van der Waals surface area contributed by atoms with Crippen LogP contribution in [0.5, 0.6) is 0 Å². The first-order valence-electron chi connectivity index (χ1n) is 8.81. The third-order valence-corrected chi connectivity index (χ3v) is 5.25. The van der Waals surface area contributed by atoms with Gasteiger partial charge in [-0.2, -0.15) is 0 Å². The minimum absolute atomic E-state index is 0.0637. The van der Waals surface area contributed by atoms with Crippen LogP contribution in [0.15, 0.2) is 36.9 Å². The van der Waals surface area contributed by atoms with Crippen molar-refractivity contribution in [3.63, 3.8) is 0 Å². The molecule has 0 spiro atoms. The molecule has 2 N–H and O–H groups in total. The maximum atomic E-state index is 12.6. The molecule has 1 saturated carbocycles. The van der Waals surface area contributed by atoms with Crippen LogP contribution in [0.1, 0.15) is 32.1 Å². The number of hydrogen-bond donors (Lipinski definition) is 2. The van der Waals surface area contributed by atoms with Crippen molar-refractivity contribution in [3.8, 4) is 0 Å². The molecule has 3 rings (SSSR count). The van der Waals surface area contributed by atoms with Crippen molar-refractivity contribution < 1.29 is 9.59 Å². The summed E-state index contributed by atoms with van der Waals surface area (Å²) >= 11 is 5.95. The second-order valence-electron chi connectivity index (χ2n) is 6.73. The third-order valence-electron chi connectivity index (χ3n) is 5.01. The topological polar surface area (TPSA) is 61.4 Å². The molecular weight excluding hydrogens is 338 g/mol. The Hall–Kier alpha value is -1.85. The van der Waals surface area contributed by atoms with E-state index in [0.29, 0.717) is 17.3 Å². The fraction of sp³-hybridized carbons (Fsp3) is 0.474. The summed E-state index contributed by atoms with van der Waals surface area (Å²) in [5.41, 5.74) is 0.638. The lowest BCUT2D eigenvalue weighted by Crippen LogP contribution is -2.66. The van der Waals surface area contributed by atoms with Gasteiger partial charge in [0.2, 0.25) is 11.8 Å². The van der Waals surface area contributed by atoms with Gasteiger partial charge in [0.05, 0.1) is 12.5 Å². The number of nitrogens with zero attached hydrogens (tertiary/aromatic N) is 1. The van der Waals surface area contributed by atoms with Crippen molar-refractivity contribution in [1.82, 2.24) is 10.2 Å². The zero-order valence-electron chi connectivity index (χ0n) is 14.2. The molecule has 1 aliphatic heterocycles. The molecule has 1 aliphatic carbocycles. The van der Waals surface area contributed by atoms with Crippen molar-refractivity contribution >= 4 is 29.1 Å². The quantitative estimate of drug-likeness (QED) is 0.792. The number of carbonyl (C=O) groups excluding carboxylic acids is 2. The first-order valence-corrected chi connectivity index (χ1v) is 9.18. The van der Waals surface area contributed by atoms with Crippen LogP contribution in [0.3, 0.4) is 0 Å². The Morgan fingerprint density at radius 3 is 2.96 bits per heavy atom. The highest BCUT2D eigenvalue weighted by atomic mass is 35.5. The van der Waals surface area contributed by atoms with E-state index in [2.05, 4.69) is 22.1 Å². The molecule has 1 saturated heterocycles. The summed E-state index contributed by atoms with van der Waals surface area (Å²) in [5, 5.41) is 6.51. The molecule has 2 aliphatic rings. The molecule has 1 aromatic carbocycles. The number of amides is 2. The Bertz CT molecular complexity index is 664. The van der Waals surface area contributed by atoms with E-state index in [1.807, 2.05) is 6.08 Å². The summed E-state index contributed by atoms with van der Waals surface area (Å²) in [7, 11) is 0. The normalized spacial score (nSPS) is 26.4. The first-order chi connectivity index (χ1) is 12.1. The molecule has 2 fully saturated rings. The summed E-state index contributed by atoms with van der Waals surface area (Å²) in [6.45, 7) is 4.43. The molecular formula is C19H24ClN3O2. The monoisotopic (exact) mass is 361 g/mol. The minimum atomic E-state index is -0.462. The number of halogens is 1. The highest BCUT2D eigenvalue weighted by Gasteiger charge is 2.42. The lowest BCUT2D eigenvalue weighted by atomic mass is 9.85. The molecule has 1 aromatic rings. The molecule has 6 heteroatoms. The molecule has 1 heterocycles. The number of rotatable bonds is 5. The predicted octanol–water partition coefficient (Wildman–Crippen LogP) is 2.97. The maximum Gasteiger partial charge on any atom is 0.238 e. The largest absolute Gasteiger partial charge is 0.350 e. The van der Waals surface area contributed by atoms with Crippen molar-refractivity contribution in [2.24, 2.45) is 0 Å². The number of hydrogen-bond acceptors (Lipinski definition) is 3. The number of nitrogens with one attached hydrogen (secondary N) is 2. The van der Waals surface area contributed by atoms with E-state index in [-0.39, 0.29) is 30.3 Å². The summed E-state index contributed by atoms with van der Waals surface area (Å²) in [4.78, 5) is 27.2. The standard InChI is InChI=1S/C19H24ClN3O2/c1-2-10-23-16-9-4-3-8-15(16)22-19(25)17(23)12-18(24)21-14-7-5-6-13(20)11-14/h2,5-7,11,15-17H,1,3-4,8-10,12H2,(H,21,24)(H,22,25)/t15-,16-,17+/m0/s1. The van der Waals surface area contributed by atoms with Gasteiger partial charge in [0.1, 0.15) is 0 Å². The second-order valence-corrected chi connectivity index (χ2v) is 7.17. The predicted molar refractivity (Wildman–Crippen MR) is 99.6 cm³/mol. The van der Waals surface area contributed by atoms with Crippen LogP contribution >= 0.6 is 11.6 Å². The van der Waals surface area contributed by atoms with Gasteiger partial charge in [-0.1, -0.05) is 36.6 Å². The molecule has 0 radical (unpaired) electrons. The molecule has 25 heavy (non-hydrogen) atoms. The minimum Gasteiger partial charge on any atom is -0.350 e. The van der Waals surface area contributed by atoms with Crippen LogP contribution in [0.4, 0.5) is 5.69 Å². The summed E-state index contributed by atoms with van der Waals surface area (Å²) in [6, 6.07) is 7.02. The average molecular weight is 362 g/mol. The zero-order chi connectivity index (χ0) is 17.8. The van der Waals surface area contributed by atoms with E-state index in [1.165, 1.54) is 0 Å². The number of piperazine rings is 1. The summed E-state index contributed by atoms with van der Waals surface area (Å²) < 4.78 is 0. The molecule has 134 valence electrons. The van der Waals surface area contributed by atoms with Crippen LogP contribution < -0.4 is 10.6 Å². The van der Waals surface area contributed by atoms with Crippen molar-refractivity contribution in [3.05, 3.63) is 41.9 Å². The van der Waals surface area contributed by atoms with Crippen molar-refractivity contribution in [2.45, 2.75) is 50.2 Å². The summed E-state index contributed by atoms with van der Waals surface area (Å²) in [6.07, 6.45) is 6.29. The number of fused-ring (bicyclic) bond motifs is 1. The van der Waals surface area contributed by atoms with Crippen LogP contribution in [0.25, 0.3) is 0 Å². The molecule has 2 amide bonds. The maximum absolute atomic E-state index is 12.6. The van der Waals surface area contributed by atoms with Crippen LogP contribution in [0.2, 0.25) is 5.02 Å². The smallest absolute Gasteiger partial charge is 0.238 e. The molecule has 0 unspecified atom stereocenters. The van der Waals surface area contributed by atoms with Crippen LogP contribution in [-0.4, -0.2) is 41.4 Å². The van der Waals surface area contributed by atoms with Gasteiger partial charge in [0.15, 0.2) is 0 Å². The van der Waals surface area contributed by atoms with Crippen molar-refractivity contribution in [2.75, 3.05) is 11.9 Å². The van der Waals surface area contributed by atoms with E-state index in [0.717, 1.165) is 25.7 Å². The summed E-state index contributed by atoms with van der Waals surface area (Å²) in [5.74, 6) is -0.253. The Morgan fingerprint density at radius 2 is 2.20 bits per heavy atom. The van der Waals surface area contributed by atoms with Gasteiger partial charge in [0.25, 0.3) is 0 Å². The average Bonchev–Trinajstić information content (AvgIpc) is 2.58. The number of carbonyl (C=O) groups is 2. The molecule has 3 atom stereocenters. The Morgan fingerprint density at radius 1 is 1.40 bits per heavy atom. The molecule has 5 nitrogen and oxygen atoms in total. The van der Waals surface area contributed by atoms with Gasteiger partial charge in [-0.3, -0.25) is 14.5 Å². The van der Waals surface area contributed by atoms with E-state index in [4.69, 9.17) is 11.6 Å². The van der Waals surface area contributed by atoms with Gasteiger partial charge in [-0.05, 0) is 31.0 Å². The molecule has 0 aromatic heterocycles. The van der Waals surface area contributed by atoms with E-state index < -0.39 is 6.04 Å². The first kappa shape index (κ1) is 18.0. The number of anilines is 1. The fourth-order valence-corrected chi connectivity index (χ4v) is 4.10. The lowest BCUT2D eigenvalue weighted by molar-refractivity contribution is -0.137. The Kier molecular flexibility index (Phi) is 5.76. The van der Waals surface area contributed by atoms with Gasteiger partial charge in [-0.15, -0.1) is 6.58 Å².